The van der Waals surface area contributed by atoms with Crippen molar-refractivity contribution in [1.82, 2.24) is 10.2 Å². The lowest BCUT2D eigenvalue weighted by Crippen LogP contribution is -2.37. The van der Waals surface area contributed by atoms with Crippen LogP contribution in [0.25, 0.3) is 0 Å². The van der Waals surface area contributed by atoms with Gasteiger partial charge in [-0.25, -0.2) is 4.79 Å². The van der Waals surface area contributed by atoms with Gasteiger partial charge < -0.3 is 9.47 Å². The predicted octanol–water partition coefficient (Wildman–Crippen LogP) is 0.274. The molecule has 0 atom stereocenters. The molecule has 13 heavy (non-hydrogen) atoms. The van der Waals surface area contributed by atoms with Gasteiger partial charge in [0, 0.05) is 5.69 Å². The van der Waals surface area contributed by atoms with Crippen LogP contribution in [-0.4, -0.2) is 35.5 Å². The summed E-state index contributed by atoms with van der Waals surface area (Å²) in [4.78, 5) is 11.4. The summed E-state index contributed by atoms with van der Waals surface area (Å²) in [7, 11) is 0. The van der Waals surface area contributed by atoms with Crippen LogP contribution in [0, 0.1) is 6.92 Å². The normalized spacial score (nSPS) is 16.7. The van der Waals surface area contributed by atoms with Crippen LogP contribution in [-0.2, 0) is 9.47 Å². The Morgan fingerprint density at radius 1 is 1.77 bits per heavy atom. The number of aromatic nitrogens is 2. The number of aromatic amines is 1. The van der Waals surface area contributed by atoms with Crippen molar-refractivity contribution in [2.45, 2.75) is 13.0 Å². The molecule has 1 aliphatic heterocycles. The number of aryl methyl sites for hydroxylation is 1. The fraction of sp³-hybridized carbons (Fsp3) is 0.500. The molecular weight excluding hydrogens is 172 g/mol. The van der Waals surface area contributed by atoms with Gasteiger partial charge in [0.05, 0.1) is 19.4 Å². The second-order valence-electron chi connectivity index (χ2n) is 2.97. The van der Waals surface area contributed by atoms with Gasteiger partial charge in [-0.2, -0.15) is 5.10 Å². The van der Waals surface area contributed by atoms with Crippen molar-refractivity contribution in [2.24, 2.45) is 0 Å². The fourth-order valence-electron chi connectivity index (χ4n) is 1.05. The first-order valence-electron chi connectivity index (χ1n) is 4.06. The zero-order valence-electron chi connectivity index (χ0n) is 7.24. The van der Waals surface area contributed by atoms with E-state index in [2.05, 4.69) is 10.2 Å². The average Bonchev–Trinajstić information content (AvgIpc) is 2.43. The molecule has 5 heteroatoms. The van der Waals surface area contributed by atoms with Crippen LogP contribution in [0.4, 0.5) is 0 Å². The maximum Gasteiger partial charge on any atom is 0.342 e. The molecule has 0 amide bonds. The third-order valence-electron chi connectivity index (χ3n) is 1.93. The summed E-state index contributed by atoms with van der Waals surface area (Å²) in [6.45, 7) is 2.78. The van der Waals surface area contributed by atoms with Crippen LogP contribution in [0.2, 0.25) is 0 Å². The van der Waals surface area contributed by atoms with Crippen LogP contribution in [0.3, 0.4) is 0 Å². The number of rotatable bonds is 2. The lowest BCUT2D eigenvalue weighted by Gasteiger charge is -2.25. The molecular formula is C8H10N2O3. The minimum atomic E-state index is -0.334. The molecule has 1 fully saturated rings. The number of esters is 1. The molecule has 2 rings (SSSR count). The molecule has 0 bridgehead atoms. The largest absolute Gasteiger partial charge is 0.454 e. The molecule has 1 aliphatic rings. The molecule has 0 aliphatic carbocycles. The first kappa shape index (κ1) is 8.25. The topological polar surface area (TPSA) is 64.2 Å². The van der Waals surface area contributed by atoms with E-state index in [1.165, 1.54) is 6.20 Å². The number of carbonyl (C=O) groups excluding carboxylic acids is 1. The lowest BCUT2D eigenvalue weighted by molar-refractivity contribution is -0.103. The second-order valence-corrected chi connectivity index (χ2v) is 2.97. The highest BCUT2D eigenvalue weighted by Crippen LogP contribution is 2.11. The Balaban J connectivity index is 2.00. The predicted molar refractivity (Wildman–Crippen MR) is 43.3 cm³/mol. The van der Waals surface area contributed by atoms with Crippen molar-refractivity contribution < 1.29 is 14.3 Å². The Hall–Kier alpha value is -1.36. The van der Waals surface area contributed by atoms with Gasteiger partial charge in [-0.1, -0.05) is 0 Å². The van der Waals surface area contributed by atoms with Crippen molar-refractivity contribution in [3.8, 4) is 0 Å². The average molecular weight is 182 g/mol. The van der Waals surface area contributed by atoms with E-state index in [0.29, 0.717) is 18.8 Å². The van der Waals surface area contributed by atoms with E-state index in [1.807, 2.05) is 0 Å². The molecule has 1 aromatic heterocycles. The third kappa shape index (κ3) is 1.55. The number of H-pyrrole nitrogens is 1. The van der Waals surface area contributed by atoms with Gasteiger partial charge in [0.15, 0.2) is 0 Å². The minimum Gasteiger partial charge on any atom is -0.454 e. The van der Waals surface area contributed by atoms with E-state index in [9.17, 15) is 4.79 Å². The molecule has 0 unspecified atom stereocenters. The van der Waals surface area contributed by atoms with Crippen LogP contribution in [0.5, 0.6) is 0 Å². The van der Waals surface area contributed by atoms with Gasteiger partial charge in [-0.05, 0) is 6.92 Å². The maximum atomic E-state index is 11.4. The van der Waals surface area contributed by atoms with Gasteiger partial charge in [0.25, 0.3) is 0 Å². The first-order chi connectivity index (χ1) is 6.27. The van der Waals surface area contributed by atoms with Crippen LogP contribution < -0.4 is 0 Å². The van der Waals surface area contributed by atoms with E-state index in [1.54, 1.807) is 6.92 Å². The Morgan fingerprint density at radius 3 is 3.00 bits per heavy atom. The van der Waals surface area contributed by atoms with Gasteiger partial charge in [-0.15, -0.1) is 0 Å². The molecule has 0 spiro atoms. The summed E-state index contributed by atoms with van der Waals surface area (Å²) in [5.41, 5.74) is 1.22. The van der Waals surface area contributed by atoms with E-state index >= 15 is 0 Å². The van der Waals surface area contributed by atoms with Crippen molar-refractivity contribution in [1.29, 1.82) is 0 Å². The zero-order valence-corrected chi connectivity index (χ0v) is 7.24. The monoisotopic (exact) mass is 182 g/mol. The molecule has 0 saturated carbocycles. The standard InChI is InChI=1S/C8H10N2O3/c1-5-7(2-9-10-5)8(11)13-6-3-12-4-6/h2,6H,3-4H2,1H3,(H,9,10). The highest BCUT2D eigenvalue weighted by Gasteiger charge is 2.24. The Morgan fingerprint density at radius 2 is 2.54 bits per heavy atom. The number of nitrogens with zero attached hydrogens (tertiary/aromatic N) is 1. The summed E-state index contributed by atoms with van der Waals surface area (Å²) in [6.07, 6.45) is 1.39. The molecule has 1 N–H and O–H groups in total. The van der Waals surface area contributed by atoms with E-state index in [4.69, 9.17) is 9.47 Å². The molecule has 70 valence electrons. The zero-order chi connectivity index (χ0) is 9.26. The van der Waals surface area contributed by atoms with Gasteiger partial charge in [-0.3, -0.25) is 5.10 Å². The third-order valence-corrected chi connectivity index (χ3v) is 1.93. The van der Waals surface area contributed by atoms with Crippen molar-refractivity contribution in [3.63, 3.8) is 0 Å². The number of carbonyl (C=O) groups is 1. The Labute approximate surface area is 75.0 Å². The quantitative estimate of drug-likeness (QED) is 0.667. The summed E-state index contributed by atoms with van der Waals surface area (Å²) in [5.74, 6) is -0.334. The summed E-state index contributed by atoms with van der Waals surface area (Å²) in [6, 6.07) is 0. The number of hydrogen-bond acceptors (Lipinski definition) is 4. The highest BCUT2D eigenvalue weighted by atomic mass is 16.6. The molecule has 0 aromatic carbocycles. The van der Waals surface area contributed by atoms with E-state index in [-0.39, 0.29) is 12.1 Å². The molecule has 2 heterocycles. The van der Waals surface area contributed by atoms with Gasteiger partial charge in [0.2, 0.25) is 0 Å². The Bertz CT molecular complexity index is 317. The van der Waals surface area contributed by atoms with Crippen molar-refractivity contribution in [3.05, 3.63) is 17.5 Å². The molecule has 1 saturated heterocycles. The SMILES string of the molecule is Cc1[nH]ncc1C(=O)OC1COC1. The minimum absolute atomic E-state index is 0.0817. The molecule has 0 radical (unpaired) electrons. The van der Waals surface area contributed by atoms with Gasteiger partial charge in [0.1, 0.15) is 11.7 Å². The lowest BCUT2D eigenvalue weighted by atomic mass is 10.2. The summed E-state index contributed by atoms with van der Waals surface area (Å²) >= 11 is 0. The van der Waals surface area contributed by atoms with E-state index < -0.39 is 0 Å². The summed E-state index contributed by atoms with van der Waals surface area (Å²) in [5, 5.41) is 6.41. The van der Waals surface area contributed by atoms with Crippen LogP contribution in [0.1, 0.15) is 16.1 Å². The highest BCUT2D eigenvalue weighted by molar-refractivity contribution is 5.90. The smallest absolute Gasteiger partial charge is 0.342 e. The Kier molecular flexibility index (Phi) is 2.02. The number of hydrogen-bond donors (Lipinski definition) is 1. The van der Waals surface area contributed by atoms with Gasteiger partial charge >= 0.3 is 5.97 Å². The van der Waals surface area contributed by atoms with Crippen LogP contribution >= 0.6 is 0 Å². The summed E-state index contributed by atoms with van der Waals surface area (Å²) < 4.78 is 9.97. The fourth-order valence-corrected chi connectivity index (χ4v) is 1.05. The van der Waals surface area contributed by atoms with Crippen LogP contribution in [0.15, 0.2) is 6.20 Å². The van der Waals surface area contributed by atoms with Crippen molar-refractivity contribution >= 4 is 5.97 Å². The number of nitrogens with one attached hydrogen (secondary N) is 1. The van der Waals surface area contributed by atoms with Crippen molar-refractivity contribution in [2.75, 3.05) is 13.2 Å². The second kappa shape index (κ2) is 3.18. The first-order valence-corrected chi connectivity index (χ1v) is 4.06. The maximum absolute atomic E-state index is 11.4. The molecule has 5 nitrogen and oxygen atoms in total. The van der Waals surface area contributed by atoms with E-state index in [0.717, 1.165) is 5.69 Å². The number of ether oxygens (including phenoxy) is 2. The molecule has 1 aromatic rings.